The zero-order chi connectivity index (χ0) is 13.5. The van der Waals surface area contributed by atoms with Crippen molar-refractivity contribution in [3.05, 3.63) is 35.4 Å². The number of carbonyl (C=O) groups excluding carboxylic acids is 1. The molecule has 0 aromatic heterocycles. The van der Waals surface area contributed by atoms with Crippen molar-refractivity contribution < 1.29 is 4.79 Å². The van der Waals surface area contributed by atoms with Gasteiger partial charge in [-0.05, 0) is 50.7 Å². The summed E-state index contributed by atoms with van der Waals surface area (Å²) in [6.07, 6.45) is 0.975. The van der Waals surface area contributed by atoms with E-state index in [1.807, 2.05) is 32.3 Å². The summed E-state index contributed by atoms with van der Waals surface area (Å²) in [6.45, 7) is 5.98. The van der Waals surface area contributed by atoms with Gasteiger partial charge in [-0.2, -0.15) is 0 Å². The van der Waals surface area contributed by atoms with Gasteiger partial charge in [-0.3, -0.25) is 4.79 Å². The minimum atomic E-state index is 0.0243. The van der Waals surface area contributed by atoms with Crippen LogP contribution in [0.3, 0.4) is 0 Å². The maximum absolute atomic E-state index is 11.9. The molecule has 1 rings (SSSR count). The Hall–Kier alpha value is -1.35. The Bertz CT molecular complexity index is 386. The third-order valence-electron chi connectivity index (χ3n) is 2.88. The van der Waals surface area contributed by atoms with Crippen LogP contribution in [0.25, 0.3) is 0 Å². The van der Waals surface area contributed by atoms with Crippen molar-refractivity contribution in [2.75, 3.05) is 27.2 Å². The van der Waals surface area contributed by atoms with Crippen molar-refractivity contribution in [1.29, 1.82) is 0 Å². The Kier molecular flexibility index (Phi) is 5.86. The molecule has 0 aliphatic rings. The van der Waals surface area contributed by atoms with Gasteiger partial charge in [0.05, 0.1) is 0 Å². The zero-order valence-electron chi connectivity index (χ0n) is 11.9. The molecule has 1 N–H and O–H groups in total. The van der Waals surface area contributed by atoms with Crippen LogP contribution in [0.5, 0.6) is 0 Å². The quantitative estimate of drug-likeness (QED) is 0.784. The lowest BCUT2D eigenvalue weighted by molar-refractivity contribution is 0.0952. The molecule has 1 aromatic carbocycles. The number of nitrogens with zero attached hydrogens (tertiary/aromatic N) is 1. The molecule has 1 aromatic rings. The van der Waals surface area contributed by atoms with Gasteiger partial charge in [-0.15, -0.1) is 0 Å². The fraction of sp³-hybridized carbons (Fsp3) is 0.533. The minimum Gasteiger partial charge on any atom is -0.352 e. The Morgan fingerprint density at radius 1 is 1.33 bits per heavy atom. The summed E-state index contributed by atoms with van der Waals surface area (Å²) in [6, 6.07) is 7.86. The average Bonchev–Trinajstić information content (AvgIpc) is 2.34. The number of amides is 1. The molecule has 0 unspecified atom stereocenters. The predicted molar refractivity (Wildman–Crippen MR) is 76.0 cm³/mol. The predicted octanol–water partition coefficient (Wildman–Crippen LogP) is 2.49. The molecule has 0 fully saturated rings. The molecule has 0 atom stereocenters. The second-order valence-corrected chi connectivity index (χ2v) is 5.19. The number of carbonyl (C=O) groups is 1. The summed E-state index contributed by atoms with van der Waals surface area (Å²) < 4.78 is 0. The van der Waals surface area contributed by atoms with E-state index < -0.39 is 0 Å². The lowest BCUT2D eigenvalue weighted by Gasteiger charge is -2.11. The van der Waals surface area contributed by atoms with Crippen LogP contribution in [0, 0.1) is 0 Å². The van der Waals surface area contributed by atoms with E-state index in [9.17, 15) is 4.79 Å². The van der Waals surface area contributed by atoms with Gasteiger partial charge in [0.1, 0.15) is 0 Å². The van der Waals surface area contributed by atoms with Gasteiger partial charge in [0.25, 0.3) is 5.91 Å². The van der Waals surface area contributed by atoms with E-state index in [0.29, 0.717) is 5.92 Å². The van der Waals surface area contributed by atoms with Gasteiger partial charge < -0.3 is 10.2 Å². The molecule has 0 saturated carbocycles. The maximum Gasteiger partial charge on any atom is 0.251 e. The molecule has 0 bridgehead atoms. The molecule has 0 heterocycles. The van der Waals surface area contributed by atoms with Gasteiger partial charge in [0.15, 0.2) is 0 Å². The zero-order valence-corrected chi connectivity index (χ0v) is 11.9. The average molecular weight is 248 g/mol. The second kappa shape index (κ2) is 7.17. The highest BCUT2D eigenvalue weighted by atomic mass is 16.1. The molecular weight excluding hydrogens is 224 g/mol. The van der Waals surface area contributed by atoms with Crippen molar-refractivity contribution >= 4 is 5.91 Å². The molecule has 18 heavy (non-hydrogen) atoms. The summed E-state index contributed by atoms with van der Waals surface area (Å²) in [4.78, 5) is 14.1. The molecular formula is C15H24N2O. The van der Waals surface area contributed by atoms with E-state index in [1.165, 1.54) is 5.56 Å². The maximum atomic E-state index is 11.9. The highest BCUT2D eigenvalue weighted by Crippen LogP contribution is 2.15. The van der Waals surface area contributed by atoms with Crippen LogP contribution in [0.2, 0.25) is 0 Å². The molecule has 0 radical (unpaired) electrons. The minimum absolute atomic E-state index is 0.0243. The molecule has 0 spiro atoms. The Morgan fingerprint density at radius 3 is 2.67 bits per heavy atom. The van der Waals surface area contributed by atoms with Crippen LogP contribution < -0.4 is 5.32 Å². The number of benzene rings is 1. The smallest absolute Gasteiger partial charge is 0.251 e. The van der Waals surface area contributed by atoms with Gasteiger partial charge in [0, 0.05) is 12.1 Å². The lowest BCUT2D eigenvalue weighted by atomic mass is 10.0. The highest BCUT2D eigenvalue weighted by Gasteiger charge is 2.07. The first-order valence-corrected chi connectivity index (χ1v) is 6.53. The van der Waals surface area contributed by atoms with E-state index in [2.05, 4.69) is 30.1 Å². The monoisotopic (exact) mass is 248 g/mol. The van der Waals surface area contributed by atoms with Crippen LogP contribution >= 0.6 is 0 Å². The summed E-state index contributed by atoms with van der Waals surface area (Å²) in [7, 11) is 4.07. The molecule has 0 aliphatic carbocycles. The summed E-state index contributed by atoms with van der Waals surface area (Å²) in [5.74, 6) is 0.475. The normalized spacial score (nSPS) is 11.0. The van der Waals surface area contributed by atoms with Crippen LogP contribution in [0.1, 0.15) is 42.1 Å². The molecule has 100 valence electrons. The second-order valence-electron chi connectivity index (χ2n) is 5.19. The number of hydrogen-bond acceptors (Lipinski definition) is 2. The van der Waals surface area contributed by atoms with Crippen molar-refractivity contribution in [2.45, 2.75) is 26.2 Å². The van der Waals surface area contributed by atoms with Crippen LogP contribution in [-0.2, 0) is 0 Å². The van der Waals surface area contributed by atoms with Crippen LogP contribution in [0.4, 0.5) is 0 Å². The van der Waals surface area contributed by atoms with Gasteiger partial charge in [-0.25, -0.2) is 0 Å². The van der Waals surface area contributed by atoms with E-state index in [4.69, 9.17) is 0 Å². The van der Waals surface area contributed by atoms with Crippen molar-refractivity contribution in [1.82, 2.24) is 10.2 Å². The van der Waals surface area contributed by atoms with Gasteiger partial charge in [0.2, 0.25) is 0 Å². The van der Waals surface area contributed by atoms with Crippen molar-refractivity contribution in [2.24, 2.45) is 0 Å². The molecule has 0 saturated heterocycles. The first-order valence-electron chi connectivity index (χ1n) is 6.53. The fourth-order valence-electron chi connectivity index (χ4n) is 1.74. The van der Waals surface area contributed by atoms with Crippen molar-refractivity contribution in [3.63, 3.8) is 0 Å². The van der Waals surface area contributed by atoms with Crippen molar-refractivity contribution in [3.8, 4) is 0 Å². The van der Waals surface area contributed by atoms with Gasteiger partial charge >= 0.3 is 0 Å². The summed E-state index contributed by atoms with van der Waals surface area (Å²) >= 11 is 0. The molecule has 1 amide bonds. The SMILES string of the molecule is CC(C)c1cccc(C(=O)NCCCN(C)C)c1. The summed E-state index contributed by atoms with van der Waals surface area (Å²) in [5.41, 5.74) is 1.96. The number of hydrogen-bond donors (Lipinski definition) is 1. The Balaban J connectivity index is 2.48. The number of nitrogens with one attached hydrogen (secondary N) is 1. The van der Waals surface area contributed by atoms with Crippen LogP contribution in [-0.4, -0.2) is 38.0 Å². The van der Waals surface area contributed by atoms with E-state index in [-0.39, 0.29) is 5.91 Å². The summed E-state index contributed by atoms with van der Waals surface area (Å²) in [5, 5.41) is 2.95. The Labute approximate surface area is 110 Å². The lowest BCUT2D eigenvalue weighted by Crippen LogP contribution is -2.27. The largest absolute Gasteiger partial charge is 0.352 e. The first kappa shape index (κ1) is 14.7. The molecule has 3 nitrogen and oxygen atoms in total. The third-order valence-corrected chi connectivity index (χ3v) is 2.88. The van der Waals surface area contributed by atoms with E-state index >= 15 is 0 Å². The third kappa shape index (κ3) is 4.88. The molecule has 3 heteroatoms. The van der Waals surface area contributed by atoms with E-state index in [1.54, 1.807) is 0 Å². The van der Waals surface area contributed by atoms with Gasteiger partial charge in [-0.1, -0.05) is 26.0 Å². The molecule has 0 aliphatic heterocycles. The number of rotatable bonds is 6. The standard InChI is InChI=1S/C15H24N2O/c1-12(2)13-7-5-8-14(11-13)15(18)16-9-6-10-17(3)4/h5,7-8,11-12H,6,9-10H2,1-4H3,(H,16,18). The fourth-order valence-corrected chi connectivity index (χ4v) is 1.74. The highest BCUT2D eigenvalue weighted by molar-refractivity contribution is 5.94. The first-order chi connectivity index (χ1) is 8.50. The van der Waals surface area contributed by atoms with Crippen LogP contribution in [0.15, 0.2) is 24.3 Å². The van der Waals surface area contributed by atoms with E-state index in [0.717, 1.165) is 25.1 Å². The Morgan fingerprint density at radius 2 is 2.06 bits per heavy atom. The topological polar surface area (TPSA) is 32.3 Å².